The zero-order valence-electron chi connectivity index (χ0n) is 8.18. The van der Waals surface area contributed by atoms with Gasteiger partial charge in [-0.15, -0.1) is 0 Å². The molecule has 2 amide bonds. The van der Waals surface area contributed by atoms with E-state index in [0.29, 0.717) is 12.8 Å². The van der Waals surface area contributed by atoms with E-state index in [2.05, 4.69) is 0 Å². The third-order valence-corrected chi connectivity index (χ3v) is 3.75. The lowest BCUT2D eigenvalue weighted by molar-refractivity contribution is -0.226. The van der Waals surface area contributed by atoms with Gasteiger partial charge >= 0.3 is 12.2 Å². The van der Waals surface area contributed by atoms with E-state index in [-0.39, 0.29) is 19.5 Å². The molecule has 2 atom stereocenters. The van der Waals surface area contributed by atoms with Crippen molar-refractivity contribution in [3.05, 3.63) is 0 Å². The predicted octanol–water partition coefficient (Wildman–Crippen LogP) is 1.73. The fourth-order valence-electron chi connectivity index (χ4n) is 2.92. The average molecular weight is 222 g/mol. The number of alkyl halides is 3. The number of amides is 2. The van der Waals surface area contributed by atoms with Crippen LogP contribution in [0.5, 0.6) is 0 Å². The number of urea groups is 1. The highest BCUT2D eigenvalue weighted by molar-refractivity contribution is 5.72. The van der Waals surface area contributed by atoms with Crippen LogP contribution in [0.3, 0.4) is 0 Å². The van der Waals surface area contributed by atoms with Crippen molar-refractivity contribution in [3.8, 4) is 0 Å². The Morgan fingerprint density at radius 1 is 1.47 bits per heavy atom. The van der Waals surface area contributed by atoms with E-state index in [1.807, 2.05) is 0 Å². The number of carbonyl (C=O) groups is 1. The lowest BCUT2D eigenvalue weighted by Gasteiger charge is -2.31. The Labute approximate surface area is 85.4 Å². The van der Waals surface area contributed by atoms with E-state index in [1.54, 1.807) is 0 Å². The van der Waals surface area contributed by atoms with Crippen molar-refractivity contribution in [1.29, 1.82) is 0 Å². The van der Waals surface area contributed by atoms with Gasteiger partial charge in [0.2, 0.25) is 0 Å². The fourth-order valence-corrected chi connectivity index (χ4v) is 2.92. The van der Waals surface area contributed by atoms with E-state index < -0.39 is 23.5 Å². The van der Waals surface area contributed by atoms with Crippen LogP contribution in [0.25, 0.3) is 0 Å². The number of fused-ring (bicyclic) bond motifs is 1. The summed E-state index contributed by atoms with van der Waals surface area (Å²) >= 11 is 0. The first-order valence-corrected chi connectivity index (χ1v) is 4.98. The summed E-state index contributed by atoms with van der Waals surface area (Å²) in [6, 6.07) is -0.743. The number of carbonyl (C=O) groups excluding carboxylic acids is 1. The third-order valence-electron chi connectivity index (χ3n) is 3.75. The van der Waals surface area contributed by atoms with Gasteiger partial charge in [0.25, 0.3) is 0 Å². The summed E-state index contributed by atoms with van der Waals surface area (Å²) in [7, 11) is 0. The lowest BCUT2D eigenvalue weighted by atomic mass is 9.80. The van der Waals surface area contributed by atoms with Gasteiger partial charge in [-0.05, 0) is 18.8 Å². The molecular weight excluding hydrogens is 209 g/mol. The Balaban J connectivity index is 2.26. The van der Waals surface area contributed by atoms with Crippen LogP contribution in [0.2, 0.25) is 0 Å². The smallest absolute Gasteiger partial charge is 0.351 e. The van der Waals surface area contributed by atoms with Gasteiger partial charge < -0.3 is 10.6 Å². The van der Waals surface area contributed by atoms with Crippen LogP contribution >= 0.6 is 0 Å². The first kappa shape index (κ1) is 10.6. The molecule has 0 aromatic heterocycles. The normalized spacial score (nSPS) is 35.7. The molecule has 1 heterocycles. The molecular formula is C9H13F3N2O. The summed E-state index contributed by atoms with van der Waals surface area (Å²) in [5.74, 6) is -0.454. The number of hydrogen-bond acceptors (Lipinski definition) is 1. The van der Waals surface area contributed by atoms with Gasteiger partial charge in [-0.2, -0.15) is 13.2 Å². The number of nitrogens with two attached hydrogens (primary N) is 1. The van der Waals surface area contributed by atoms with Crippen molar-refractivity contribution in [2.24, 2.45) is 17.1 Å². The largest absolute Gasteiger partial charge is 0.396 e. The number of primary amides is 1. The van der Waals surface area contributed by atoms with E-state index in [0.717, 1.165) is 4.90 Å². The van der Waals surface area contributed by atoms with Gasteiger partial charge in [0, 0.05) is 13.1 Å². The van der Waals surface area contributed by atoms with E-state index >= 15 is 0 Å². The van der Waals surface area contributed by atoms with Crippen LogP contribution in [0.15, 0.2) is 0 Å². The Bertz CT molecular complexity index is 292. The molecule has 3 nitrogen and oxygen atoms in total. The maximum Gasteiger partial charge on any atom is 0.396 e. The molecule has 1 saturated carbocycles. The van der Waals surface area contributed by atoms with Crippen molar-refractivity contribution in [2.75, 3.05) is 13.1 Å². The zero-order valence-corrected chi connectivity index (χ0v) is 8.18. The quantitative estimate of drug-likeness (QED) is 0.666. The second-order valence-corrected chi connectivity index (χ2v) is 4.46. The van der Waals surface area contributed by atoms with E-state index in [1.165, 1.54) is 0 Å². The Morgan fingerprint density at radius 2 is 2.13 bits per heavy atom. The molecule has 2 aliphatic rings. The fraction of sp³-hybridized carbons (Fsp3) is 0.889. The molecule has 0 aromatic carbocycles. The molecule has 2 fully saturated rings. The van der Waals surface area contributed by atoms with Crippen molar-refractivity contribution >= 4 is 6.03 Å². The molecule has 0 aromatic rings. The van der Waals surface area contributed by atoms with Gasteiger partial charge in [0.15, 0.2) is 0 Å². The summed E-state index contributed by atoms with van der Waals surface area (Å²) < 4.78 is 38.9. The Kier molecular flexibility index (Phi) is 2.13. The van der Waals surface area contributed by atoms with E-state index in [4.69, 9.17) is 5.73 Å². The number of halogens is 3. The van der Waals surface area contributed by atoms with Crippen LogP contribution in [0.4, 0.5) is 18.0 Å². The van der Waals surface area contributed by atoms with Crippen molar-refractivity contribution in [3.63, 3.8) is 0 Å². The predicted molar refractivity (Wildman–Crippen MR) is 47.0 cm³/mol. The van der Waals surface area contributed by atoms with Gasteiger partial charge in [-0.25, -0.2) is 4.79 Å². The monoisotopic (exact) mass is 222 g/mol. The number of rotatable bonds is 0. The van der Waals surface area contributed by atoms with Gasteiger partial charge in [0.05, 0.1) is 5.41 Å². The molecule has 1 aliphatic carbocycles. The molecule has 0 unspecified atom stereocenters. The van der Waals surface area contributed by atoms with Crippen molar-refractivity contribution < 1.29 is 18.0 Å². The number of nitrogens with zero attached hydrogens (tertiary/aromatic N) is 1. The Morgan fingerprint density at radius 3 is 2.60 bits per heavy atom. The van der Waals surface area contributed by atoms with Gasteiger partial charge in [-0.3, -0.25) is 0 Å². The summed E-state index contributed by atoms with van der Waals surface area (Å²) in [5.41, 5.74) is 3.34. The maximum absolute atomic E-state index is 13.0. The molecule has 6 heteroatoms. The first-order valence-electron chi connectivity index (χ1n) is 4.98. The van der Waals surface area contributed by atoms with E-state index in [9.17, 15) is 18.0 Å². The molecule has 86 valence electrons. The second kappa shape index (κ2) is 3.02. The lowest BCUT2D eigenvalue weighted by Crippen LogP contribution is -2.43. The SMILES string of the molecule is NC(=O)N1C[C@@H]2CCC[C@]2(C(F)(F)F)C1. The molecule has 0 radical (unpaired) electrons. The topological polar surface area (TPSA) is 46.3 Å². The van der Waals surface area contributed by atoms with Crippen molar-refractivity contribution in [1.82, 2.24) is 4.90 Å². The number of hydrogen-bond donors (Lipinski definition) is 1. The average Bonchev–Trinajstić information content (AvgIpc) is 2.55. The molecule has 2 rings (SSSR count). The molecule has 1 aliphatic heterocycles. The summed E-state index contributed by atoms with van der Waals surface area (Å²) in [6.07, 6.45) is -2.95. The highest BCUT2D eigenvalue weighted by Crippen LogP contribution is 2.57. The number of likely N-dealkylation sites (tertiary alicyclic amines) is 1. The summed E-state index contributed by atoms with van der Waals surface area (Å²) in [5, 5.41) is 0. The van der Waals surface area contributed by atoms with Crippen molar-refractivity contribution in [2.45, 2.75) is 25.4 Å². The molecule has 2 N–H and O–H groups in total. The standard InChI is InChI=1S/C9H13F3N2O/c10-9(11,12)8-3-1-2-6(8)4-14(5-8)7(13)15/h6H,1-5H2,(H2,13,15)/t6-,8-/m0/s1. The first-order chi connectivity index (χ1) is 6.87. The zero-order chi connectivity index (χ0) is 11.3. The second-order valence-electron chi connectivity index (χ2n) is 4.46. The third kappa shape index (κ3) is 1.38. The van der Waals surface area contributed by atoms with Crippen LogP contribution in [-0.2, 0) is 0 Å². The van der Waals surface area contributed by atoms with Gasteiger partial charge in [0.1, 0.15) is 0 Å². The maximum atomic E-state index is 13.0. The summed E-state index contributed by atoms with van der Waals surface area (Å²) in [6.45, 7) is -0.0919. The van der Waals surface area contributed by atoms with Gasteiger partial charge in [-0.1, -0.05) is 6.42 Å². The molecule has 1 saturated heterocycles. The Hall–Kier alpha value is -0.940. The van der Waals surface area contributed by atoms with Crippen LogP contribution in [0.1, 0.15) is 19.3 Å². The highest BCUT2D eigenvalue weighted by Gasteiger charge is 2.65. The minimum absolute atomic E-state index is 0.130. The van der Waals surface area contributed by atoms with Crippen LogP contribution in [-0.4, -0.2) is 30.2 Å². The van der Waals surface area contributed by atoms with Crippen LogP contribution in [0, 0.1) is 11.3 Å². The minimum Gasteiger partial charge on any atom is -0.351 e. The van der Waals surface area contributed by atoms with Crippen LogP contribution < -0.4 is 5.73 Å². The summed E-state index contributed by atoms with van der Waals surface area (Å²) in [4.78, 5) is 12.0. The molecule has 0 spiro atoms. The molecule has 0 bridgehead atoms. The highest BCUT2D eigenvalue weighted by atomic mass is 19.4. The molecule has 15 heavy (non-hydrogen) atoms. The minimum atomic E-state index is -4.22.